The Morgan fingerprint density at radius 2 is 1.66 bits per heavy atom. The fourth-order valence-electron chi connectivity index (χ4n) is 4.87. The third-order valence-electron chi connectivity index (χ3n) is 6.90. The molecule has 2 aromatic carbocycles. The molecule has 0 heterocycles. The first-order chi connectivity index (χ1) is 17.0. The molecular formula is C29H40N2O4. The zero-order valence-electron chi connectivity index (χ0n) is 21.4. The van der Waals surface area contributed by atoms with Crippen LogP contribution in [0.5, 0.6) is 11.5 Å². The number of methoxy groups -OCH3 is 2. The largest absolute Gasteiger partial charge is 0.493 e. The Morgan fingerprint density at radius 3 is 2.31 bits per heavy atom. The van der Waals surface area contributed by atoms with Crippen LogP contribution < -0.4 is 14.8 Å². The molecule has 190 valence electrons. The van der Waals surface area contributed by atoms with E-state index in [4.69, 9.17) is 9.47 Å². The van der Waals surface area contributed by atoms with E-state index in [-0.39, 0.29) is 17.9 Å². The molecular weight excluding hydrogens is 440 g/mol. The number of nitrogens with one attached hydrogen (secondary N) is 1. The van der Waals surface area contributed by atoms with Crippen molar-refractivity contribution in [2.75, 3.05) is 20.8 Å². The lowest BCUT2D eigenvalue weighted by molar-refractivity contribution is -0.141. The zero-order valence-corrected chi connectivity index (χ0v) is 21.4. The summed E-state index contributed by atoms with van der Waals surface area (Å²) >= 11 is 0. The summed E-state index contributed by atoms with van der Waals surface area (Å²) in [6.07, 6.45) is 7.82. The number of benzene rings is 2. The molecule has 1 N–H and O–H groups in total. The van der Waals surface area contributed by atoms with E-state index >= 15 is 0 Å². The Hall–Kier alpha value is -3.02. The maximum Gasteiger partial charge on any atom is 0.243 e. The van der Waals surface area contributed by atoms with E-state index in [9.17, 15) is 9.59 Å². The van der Waals surface area contributed by atoms with E-state index in [2.05, 4.69) is 17.4 Å². The van der Waals surface area contributed by atoms with Crippen LogP contribution in [0, 0.1) is 0 Å². The Balaban J connectivity index is 1.71. The van der Waals surface area contributed by atoms with Crippen LogP contribution >= 0.6 is 0 Å². The van der Waals surface area contributed by atoms with Crippen LogP contribution in [-0.2, 0) is 22.4 Å². The minimum Gasteiger partial charge on any atom is -0.493 e. The van der Waals surface area contributed by atoms with Crippen LogP contribution in [0.4, 0.5) is 0 Å². The Kier molecular flexibility index (Phi) is 10.5. The van der Waals surface area contributed by atoms with Gasteiger partial charge in [0.1, 0.15) is 6.04 Å². The first-order valence-electron chi connectivity index (χ1n) is 12.9. The normalized spacial score (nSPS) is 14.7. The average molecular weight is 481 g/mol. The van der Waals surface area contributed by atoms with Gasteiger partial charge in [-0.1, -0.05) is 62.6 Å². The second-order valence-corrected chi connectivity index (χ2v) is 9.28. The van der Waals surface area contributed by atoms with Crippen molar-refractivity contribution < 1.29 is 19.1 Å². The second kappa shape index (κ2) is 13.8. The predicted molar refractivity (Wildman–Crippen MR) is 139 cm³/mol. The average Bonchev–Trinajstić information content (AvgIpc) is 2.90. The molecule has 6 heteroatoms. The van der Waals surface area contributed by atoms with Crippen LogP contribution in [0.25, 0.3) is 0 Å². The highest BCUT2D eigenvalue weighted by Crippen LogP contribution is 2.28. The molecule has 2 aromatic rings. The van der Waals surface area contributed by atoms with Gasteiger partial charge in [0.25, 0.3) is 0 Å². The summed E-state index contributed by atoms with van der Waals surface area (Å²) in [7, 11) is 3.21. The number of nitrogens with zero attached hydrogens (tertiary/aromatic N) is 1. The number of rotatable bonds is 12. The number of aryl methyl sites for hydroxylation is 1. The highest BCUT2D eigenvalue weighted by atomic mass is 16.5. The number of amides is 2. The summed E-state index contributed by atoms with van der Waals surface area (Å²) in [4.78, 5) is 28.6. The van der Waals surface area contributed by atoms with Gasteiger partial charge in [-0.25, -0.2) is 0 Å². The molecule has 1 saturated carbocycles. The smallest absolute Gasteiger partial charge is 0.243 e. The van der Waals surface area contributed by atoms with Gasteiger partial charge in [-0.15, -0.1) is 0 Å². The van der Waals surface area contributed by atoms with Crippen molar-refractivity contribution in [3.05, 3.63) is 59.7 Å². The standard InChI is InChI=1S/C29H40N2O4/c1-4-25(29(33)30-24-13-9-6-10-14-24)31(20-19-22-11-7-5-8-12-22)28(32)18-16-23-15-17-26(34-2)27(21-23)35-3/h5,7-8,11-12,15,17,21,24-25H,4,6,9-10,13-14,16,18-20H2,1-3H3,(H,30,33)/t25-/m1/s1. The molecule has 1 aliphatic rings. The van der Waals surface area contributed by atoms with Gasteiger partial charge in [0, 0.05) is 19.0 Å². The summed E-state index contributed by atoms with van der Waals surface area (Å²) in [5.74, 6) is 1.29. The van der Waals surface area contributed by atoms with Gasteiger partial charge in [0.05, 0.1) is 14.2 Å². The van der Waals surface area contributed by atoms with Gasteiger partial charge in [0.2, 0.25) is 11.8 Å². The molecule has 6 nitrogen and oxygen atoms in total. The first kappa shape index (κ1) is 26.6. The molecule has 0 spiro atoms. The van der Waals surface area contributed by atoms with Gasteiger partial charge in [-0.3, -0.25) is 9.59 Å². The number of carbonyl (C=O) groups excluding carboxylic acids is 2. The molecule has 1 fully saturated rings. The molecule has 0 unspecified atom stereocenters. The van der Waals surface area contributed by atoms with E-state index in [0.29, 0.717) is 37.3 Å². The van der Waals surface area contributed by atoms with Crippen LogP contribution in [-0.4, -0.2) is 49.6 Å². The lowest BCUT2D eigenvalue weighted by atomic mass is 9.95. The second-order valence-electron chi connectivity index (χ2n) is 9.28. The van der Waals surface area contributed by atoms with Crippen molar-refractivity contribution in [2.24, 2.45) is 0 Å². The van der Waals surface area contributed by atoms with E-state index in [1.54, 1.807) is 19.1 Å². The van der Waals surface area contributed by atoms with E-state index in [0.717, 1.165) is 43.2 Å². The topological polar surface area (TPSA) is 67.9 Å². The van der Waals surface area contributed by atoms with Gasteiger partial charge in [-0.05, 0) is 55.4 Å². The lowest BCUT2D eigenvalue weighted by Crippen LogP contribution is -2.52. The third kappa shape index (κ3) is 7.74. The molecule has 0 radical (unpaired) electrons. The summed E-state index contributed by atoms with van der Waals surface area (Å²) in [6.45, 7) is 2.51. The van der Waals surface area contributed by atoms with Gasteiger partial charge in [0.15, 0.2) is 11.5 Å². The van der Waals surface area contributed by atoms with Crippen molar-refractivity contribution in [2.45, 2.75) is 76.8 Å². The minimum atomic E-state index is -0.460. The molecule has 2 amide bonds. The molecule has 0 aliphatic heterocycles. The van der Waals surface area contributed by atoms with Crippen molar-refractivity contribution in [1.29, 1.82) is 0 Å². The van der Waals surface area contributed by atoms with Crippen molar-refractivity contribution >= 4 is 11.8 Å². The number of hydrogen-bond donors (Lipinski definition) is 1. The molecule has 3 rings (SSSR count). The molecule has 1 aliphatic carbocycles. The van der Waals surface area contributed by atoms with Crippen molar-refractivity contribution in [3.8, 4) is 11.5 Å². The van der Waals surface area contributed by atoms with Gasteiger partial charge < -0.3 is 19.7 Å². The third-order valence-corrected chi connectivity index (χ3v) is 6.90. The van der Waals surface area contributed by atoms with Gasteiger partial charge in [-0.2, -0.15) is 0 Å². The van der Waals surface area contributed by atoms with E-state index in [1.165, 1.54) is 6.42 Å². The number of carbonyl (C=O) groups is 2. The summed E-state index contributed by atoms with van der Waals surface area (Å²) in [5.41, 5.74) is 2.16. The van der Waals surface area contributed by atoms with E-state index in [1.807, 2.05) is 43.3 Å². The minimum absolute atomic E-state index is 0.00126. The van der Waals surface area contributed by atoms with Crippen molar-refractivity contribution in [1.82, 2.24) is 10.2 Å². The zero-order chi connectivity index (χ0) is 25.0. The number of ether oxygens (including phenoxy) is 2. The lowest BCUT2D eigenvalue weighted by Gasteiger charge is -2.33. The van der Waals surface area contributed by atoms with Crippen LogP contribution in [0.1, 0.15) is 63.0 Å². The SMILES string of the molecule is CC[C@H](C(=O)NC1CCCCC1)N(CCc1ccccc1)C(=O)CCc1ccc(OC)c(OC)c1. The Morgan fingerprint density at radius 1 is 0.943 bits per heavy atom. The Bertz CT molecular complexity index is 941. The predicted octanol–water partition coefficient (Wildman–Crippen LogP) is 4.94. The molecule has 0 saturated heterocycles. The monoisotopic (exact) mass is 480 g/mol. The summed E-state index contributed by atoms with van der Waals surface area (Å²) in [6, 6.07) is 15.6. The number of hydrogen-bond acceptors (Lipinski definition) is 4. The highest BCUT2D eigenvalue weighted by Gasteiger charge is 2.29. The van der Waals surface area contributed by atoms with Crippen LogP contribution in [0.15, 0.2) is 48.5 Å². The fraction of sp³-hybridized carbons (Fsp3) is 0.517. The Labute approximate surface area is 210 Å². The molecule has 0 bridgehead atoms. The maximum absolute atomic E-state index is 13.5. The fourth-order valence-corrected chi connectivity index (χ4v) is 4.87. The first-order valence-corrected chi connectivity index (χ1v) is 12.9. The van der Waals surface area contributed by atoms with E-state index < -0.39 is 6.04 Å². The van der Waals surface area contributed by atoms with Crippen LogP contribution in [0.3, 0.4) is 0 Å². The summed E-state index contributed by atoms with van der Waals surface area (Å²) < 4.78 is 10.7. The maximum atomic E-state index is 13.5. The van der Waals surface area contributed by atoms with Crippen molar-refractivity contribution in [3.63, 3.8) is 0 Å². The summed E-state index contributed by atoms with van der Waals surface area (Å²) in [5, 5.41) is 3.24. The highest BCUT2D eigenvalue weighted by molar-refractivity contribution is 5.88. The van der Waals surface area contributed by atoms with Crippen LogP contribution in [0.2, 0.25) is 0 Å². The van der Waals surface area contributed by atoms with Gasteiger partial charge >= 0.3 is 0 Å². The quantitative estimate of drug-likeness (QED) is 0.467. The molecule has 0 aromatic heterocycles. The molecule has 35 heavy (non-hydrogen) atoms. The molecule has 1 atom stereocenters.